The van der Waals surface area contributed by atoms with Gasteiger partial charge in [-0.3, -0.25) is 9.88 Å². The molecule has 2 heterocycles. The minimum Gasteiger partial charge on any atom is -0.327 e. The SMILES string of the molecule is Cc1ncccc1CN1CCC[C@@H](N)C1. The van der Waals surface area contributed by atoms with Gasteiger partial charge in [-0.15, -0.1) is 0 Å². The average Bonchev–Trinajstić information content (AvgIpc) is 2.22. The van der Waals surface area contributed by atoms with Gasteiger partial charge >= 0.3 is 0 Å². The lowest BCUT2D eigenvalue weighted by Crippen LogP contribution is -2.42. The van der Waals surface area contributed by atoms with Crippen molar-refractivity contribution < 1.29 is 0 Å². The Morgan fingerprint density at radius 3 is 3.20 bits per heavy atom. The highest BCUT2D eigenvalue weighted by Gasteiger charge is 2.16. The Hall–Kier alpha value is -0.930. The number of aromatic nitrogens is 1. The number of nitrogens with two attached hydrogens (primary N) is 1. The van der Waals surface area contributed by atoms with Crippen molar-refractivity contribution in [2.24, 2.45) is 5.73 Å². The molecule has 1 fully saturated rings. The summed E-state index contributed by atoms with van der Waals surface area (Å²) in [5.41, 5.74) is 8.42. The minimum atomic E-state index is 0.357. The van der Waals surface area contributed by atoms with E-state index in [2.05, 4.69) is 22.9 Å². The van der Waals surface area contributed by atoms with Crippen molar-refractivity contribution in [2.45, 2.75) is 32.4 Å². The molecule has 0 bridgehead atoms. The minimum absolute atomic E-state index is 0.357. The van der Waals surface area contributed by atoms with Crippen molar-refractivity contribution in [3.63, 3.8) is 0 Å². The summed E-state index contributed by atoms with van der Waals surface area (Å²) in [5, 5.41) is 0. The van der Waals surface area contributed by atoms with Crippen LogP contribution in [0.5, 0.6) is 0 Å². The van der Waals surface area contributed by atoms with Gasteiger partial charge in [-0.1, -0.05) is 6.07 Å². The summed E-state index contributed by atoms with van der Waals surface area (Å²) >= 11 is 0. The lowest BCUT2D eigenvalue weighted by atomic mass is 10.1. The third kappa shape index (κ3) is 2.76. The average molecular weight is 205 g/mol. The van der Waals surface area contributed by atoms with E-state index < -0.39 is 0 Å². The lowest BCUT2D eigenvalue weighted by Gasteiger charge is -2.30. The van der Waals surface area contributed by atoms with Crippen molar-refractivity contribution in [2.75, 3.05) is 13.1 Å². The lowest BCUT2D eigenvalue weighted by molar-refractivity contribution is 0.201. The van der Waals surface area contributed by atoms with Crippen molar-refractivity contribution in [3.8, 4) is 0 Å². The Morgan fingerprint density at radius 2 is 2.47 bits per heavy atom. The van der Waals surface area contributed by atoms with Crippen molar-refractivity contribution in [3.05, 3.63) is 29.6 Å². The molecule has 1 aliphatic rings. The summed E-state index contributed by atoms with van der Waals surface area (Å²) in [4.78, 5) is 6.73. The first-order valence-corrected chi connectivity index (χ1v) is 5.64. The summed E-state index contributed by atoms with van der Waals surface area (Å²) in [5.74, 6) is 0. The summed E-state index contributed by atoms with van der Waals surface area (Å²) in [6.07, 6.45) is 4.24. The second kappa shape index (κ2) is 4.73. The molecule has 15 heavy (non-hydrogen) atoms. The van der Waals surface area contributed by atoms with E-state index in [4.69, 9.17) is 5.73 Å². The third-order valence-electron chi connectivity index (χ3n) is 3.05. The molecule has 0 amide bonds. The molecule has 0 spiro atoms. The molecule has 1 aromatic heterocycles. The van der Waals surface area contributed by atoms with Crippen LogP contribution in [0.25, 0.3) is 0 Å². The predicted molar refractivity (Wildman–Crippen MR) is 61.5 cm³/mol. The molecule has 1 atom stereocenters. The Kier molecular flexibility index (Phi) is 3.34. The van der Waals surface area contributed by atoms with Gasteiger partial charge < -0.3 is 5.73 Å². The molecule has 0 unspecified atom stereocenters. The van der Waals surface area contributed by atoms with Gasteiger partial charge in [0.2, 0.25) is 0 Å². The van der Waals surface area contributed by atoms with E-state index in [9.17, 15) is 0 Å². The van der Waals surface area contributed by atoms with Gasteiger partial charge in [0, 0.05) is 31.0 Å². The largest absolute Gasteiger partial charge is 0.327 e. The molecule has 2 N–H and O–H groups in total. The number of rotatable bonds is 2. The fourth-order valence-corrected chi connectivity index (χ4v) is 2.16. The van der Waals surface area contributed by atoms with Crippen LogP contribution in [0.3, 0.4) is 0 Å². The second-order valence-corrected chi connectivity index (χ2v) is 4.39. The summed E-state index contributed by atoms with van der Waals surface area (Å²) in [6, 6.07) is 4.52. The maximum atomic E-state index is 5.96. The first-order chi connectivity index (χ1) is 7.25. The fourth-order valence-electron chi connectivity index (χ4n) is 2.16. The van der Waals surface area contributed by atoms with E-state index in [1.807, 2.05) is 12.3 Å². The number of piperidine rings is 1. The molecule has 0 radical (unpaired) electrons. The van der Waals surface area contributed by atoms with E-state index >= 15 is 0 Å². The number of nitrogens with zero attached hydrogens (tertiary/aromatic N) is 2. The first kappa shape index (κ1) is 10.6. The van der Waals surface area contributed by atoms with Gasteiger partial charge in [-0.05, 0) is 37.9 Å². The van der Waals surface area contributed by atoms with Gasteiger partial charge in [0.25, 0.3) is 0 Å². The van der Waals surface area contributed by atoms with Crippen LogP contribution in [0.15, 0.2) is 18.3 Å². The van der Waals surface area contributed by atoms with E-state index in [0.29, 0.717) is 6.04 Å². The molecule has 1 aliphatic heterocycles. The Labute approximate surface area is 91.3 Å². The van der Waals surface area contributed by atoms with E-state index in [0.717, 1.165) is 18.8 Å². The molecule has 0 aliphatic carbocycles. The zero-order chi connectivity index (χ0) is 10.7. The van der Waals surface area contributed by atoms with Gasteiger partial charge in [-0.2, -0.15) is 0 Å². The number of likely N-dealkylation sites (tertiary alicyclic amines) is 1. The number of hydrogen-bond donors (Lipinski definition) is 1. The predicted octanol–water partition coefficient (Wildman–Crippen LogP) is 1.31. The summed E-state index contributed by atoms with van der Waals surface area (Å²) < 4.78 is 0. The molecule has 3 nitrogen and oxygen atoms in total. The highest BCUT2D eigenvalue weighted by molar-refractivity contribution is 5.18. The number of aryl methyl sites for hydroxylation is 1. The maximum absolute atomic E-state index is 5.96. The van der Waals surface area contributed by atoms with Crippen LogP contribution in [-0.2, 0) is 6.54 Å². The molecule has 82 valence electrons. The van der Waals surface area contributed by atoms with Crippen molar-refractivity contribution in [1.82, 2.24) is 9.88 Å². The second-order valence-electron chi connectivity index (χ2n) is 4.39. The van der Waals surface area contributed by atoms with Crippen molar-refractivity contribution in [1.29, 1.82) is 0 Å². The molecule has 0 aromatic carbocycles. The van der Waals surface area contributed by atoms with Crippen LogP contribution in [0.2, 0.25) is 0 Å². The molecule has 1 saturated heterocycles. The highest BCUT2D eigenvalue weighted by Crippen LogP contribution is 2.13. The van der Waals surface area contributed by atoms with Crippen LogP contribution < -0.4 is 5.73 Å². The quantitative estimate of drug-likeness (QED) is 0.791. The van der Waals surface area contributed by atoms with Crippen LogP contribution >= 0.6 is 0 Å². The summed E-state index contributed by atoms with van der Waals surface area (Å²) in [7, 11) is 0. The highest BCUT2D eigenvalue weighted by atomic mass is 15.1. The van der Waals surface area contributed by atoms with Crippen LogP contribution in [0.4, 0.5) is 0 Å². The van der Waals surface area contributed by atoms with E-state index in [1.165, 1.54) is 24.9 Å². The Balaban J connectivity index is 1.99. The third-order valence-corrected chi connectivity index (χ3v) is 3.05. The molecular formula is C12H19N3. The molecule has 1 aromatic rings. The van der Waals surface area contributed by atoms with Gasteiger partial charge in [0.05, 0.1) is 0 Å². The van der Waals surface area contributed by atoms with Crippen LogP contribution in [-0.4, -0.2) is 29.0 Å². The number of pyridine rings is 1. The van der Waals surface area contributed by atoms with Gasteiger partial charge in [0.15, 0.2) is 0 Å². The smallest absolute Gasteiger partial charge is 0.0417 e. The van der Waals surface area contributed by atoms with E-state index in [1.54, 1.807) is 0 Å². The zero-order valence-electron chi connectivity index (χ0n) is 9.32. The van der Waals surface area contributed by atoms with Crippen molar-refractivity contribution >= 4 is 0 Å². The standard InChI is InChI=1S/C12H19N3/c1-10-11(4-2-6-14-10)8-15-7-3-5-12(13)9-15/h2,4,6,12H,3,5,7-9,13H2,1H3/t12-/m1/s1. The van der Waals surface area contributed by atoms with Gasteiger partial charge in [-0.25, -0.2) is 0 Å². The topological polar surface area (TPSA) is 42.2 Å². The summed E-state index contributed by atoms with van der Waals surface area (Å²) in [6.45, 7) is 5.25. The maximum Gasteiger partial charge on any atom is 0.0417 e. The number of hydrogen-bond acceptors (Lipinski definition) is 3. The Morgan fingerprint density at radius 1 is 1.60 bits per heavy atom. The van der Waals surface area contributed by atoms with Crippen LogP contribution in [0, 0.1) is 6.92 Å². The molecule has 3 heteroatoms. The monoisotopic (exact) mass is 205 g/mol. The van der Waals surface area contributed by atoms with E-state index in [-0.39, 0.29) is 0 Å². The molecule has 2 rings (SSSR count). The zero-order valence-corrected chi connectivity index (χ0v) is 9.32. The Bertz CT molecular complexity index is 324. The molecule has 0 saturated carbocycles. The van der Waals surface area contributed by atoms with Crippen LogP contribution in [0.1, 0.15) is 24.1 Å². The normalized spacial score (nSPS) is 22.9. The molecular weight excluding hydrogens is 186 g/mol. The first-order valence-electron chi connectivity index (χ1n) is 5.64. The van der Waals surface area contributed by atoms with Gasteiger partial charge in [0.1, 0.15) is 0 Å². The fraction of sp³-hybridized carbons (Fsp3) is 0.583.